The molecule has 2 nitrogen and oxygen atoms in total. The second-order valence-electron chi connectivity index (χ2n) is 14.2. The van der Waals surface area contributed by atoms with Gasteiger partial charge in [-0.2, -0.15) is 4.39 Å². The Hall–Kier alpha value is -1.82. The monoisotopic (exact) mass is 604 g/mol. The minimum absolute atomic E-state index is 0.170. The van der Waals surface area contributed by atoms with Gasteiger partial charge in [0.1, 0.15) is 11.4 Å². The Morgan fingerprint density at radius 1 is 0.791 bits per heavy atom. The molecule has 0 saturated heterocycles. The summed E-state index contributed by atoms with van der Waals surface area (Å²) in [6, 6.07) is 2.63. The third kappa shape index (κ3) is 7.36. The van der Waals surface area contributed by atoms with Crippen molar-refractivity contribution in [1.29, 1.82) is 0 Å². The van der Waals surface area contributed by atoms with Gasteiger partial charge < -0.3 is 9.47 Å². The SMILES string of the molecule is CCCCOC1(C)C=CC(c2ccc(OCC3CCC4CC(C5CCC(CCC)CC5)CCC4C3)c(F)c2F)=C(F)C1F. The number of benzene rings is 1. The van der Waals surface area contributed by atoms with Gasteiger partial charge in [0.05, 0.1) is 6.61 Å². The summed E-state index contributed by atoms with van der Waals surface area (Å²) in [5, 5.41) is 0. The van der Waals surface area contributed by atoms with E-state index in [0.29, 0.717) is 25.0 Å². The van der Waals surface area contributed by atoms with Gasteiger partial charge in [0.25, 0.3) is 0 Å². The fourth-order valence-electron chi connectivity index (χ4n) is 8.59. The Balaban J connectivity index is 1.13. The number of hydrogen-bond donors (Lipinski definition) is 0. The lowest BCUT2D eigenvalue weighted by Gasteiger charge is -2.45. The van der Waals surface area contributed by atoms with Crippen molar-refractivity contribution in [3.63, 3.8) is 0 Å². The average molecular weight is 605 g/mol. The van der Waals surface area contributed by atoms with Gasteiger partial charge in [-0.1, -0.05) is 52.0 Å². The molecule has 3 fully saturated rings. The van der Waals surface area contributed by atoms with Crippen molar-refractivity contribution >= 4 is 5.57 Å². The van der Waals surface area contributed by atoms with Crippen LogP contribution in [0, 0.1) is 47.1 Å². The highest BCUT2D eigenvalue weighted by Crippen LogP contribution is 2.49. The van der Waals surface area contributed by atoms with Crippen LogP contribution in [0.15, 0.2) is 30.1 Å². The lowest BCUT2D eigenvalue weighted by Crippen LogP contribution is -2.40. The molecule has 1 aromatic carbocycles. The van der Waals surface area contributed by atoms with Crippen LogP contribution in [-0.4, -0.2) is 25.0 Å². The van der Waals surface area contributed by atoms with E-state index in [2.05, 4.69) is 6.92 Å². The van der Waals surface area contributed by atoms with Crippen LogP contribution in [0.2, 0.25) is 0 Å². The molecule has 4 aliphatic carbocycles. The molecule has 0 heterocycles. The van der Waals surface area contributed by atoms with Gasteiger partial charge in [0.2, 0.25) is 5.82 Å². The van der Waals surface area contributed by atoms with Crippen molar-refractivity contribution in [3.05, 3.63) is 47.3 Å². The fraction of sp³-hybridized carbons (Fsp3) is 0.730. The van der Waals surface area contributed by atoms with Crippen LogP contribution in [0.4, 0.5) is 17.6 Å². The van der Waals surface area contributed by atoms with Crippen molar-refractivity contribution in [2.45, 2.75) is 122 Å². The van der Waals surface area contributed by atoms with E-state index in [1.807, 2.05) is 6.92 Å². The van der Waals surface area contributed by atoms with Gasteiger partial charge in [-0.15, -0.1) is 0 Å². The molecule has 0 amide bonds. The van der Waals surface area contributed by atoms with Crippen LogP contribution in [0.25, 0.3) is 5.57 Å². The van der Waals surface area contributed by atoms with Crippen molar-refractivity contribution in [2.75, 3.05) is 13.2 Å². The Morgan fingerprint density at radius 2 is 1.44 bits per heavy atom. The van der Waals surface area contributed by atoms with Crippen LogP contribution in [0.3, 0.4) is 0 Å². The molecule has 240 valence electrons. The Morgan fingerprint density at radius 3 is 2.16 bits per heavy atom. The highest BCUT2D eigenvalue weighted by atomic mass is 19.2. The second-order valence-corrected chi connectivity index (χ2v) is 14.2. The number of hydrogen-bond acceptors (Lipinski definition) is 2. The number of alkyl halides is 1. The van der Waals surface area contributed by atoms with E-state index in [-0.39, 0.29) is 16.9 Å². The highest BCUT2D eigenvalue weighted by molar-refractivity contribution is 5.78. The zero-order valence-corrected chi connectivity index (χ0v) is 26.5. The van der Waals surface area contributed by atoms with Crippen molar-refractivity contribution in [1.82, 2.24) is 0 Å². The van der Waals surface area contributed by atoms with E-state index in [1.165, 1.54) is 95.4 Å². The van der Waals surface area contributed by atoms with Crippen molar-refractivity contribution in [3.8, 4) is 5.75 Å². The summed E-state index contributed by atoms with van der Waals surface area (Å²) in [5.41, 5.74) is -2.09. The largest absolute Gasteiger partial charge is 0.490 e. The topological polar surface area (TPSA) is 18.5 Å². The molecule has 0 radical (unpaired) electrons. The van der Waals surface area contributed by atoms with Crippen molar-refractivity contribution < 1.29 is 27.0 Å². The smallest absolute Gasteiger partial charge is 0.201 e. The molecule has 6 atom stereocenters. The first-order chi connectivity index (χ1) is 20.7. The van der Waals surface area contributed by atoms with Crippen LogP contribution < -0.4 is 4.74 Å². The summed E-state index contributed by atoms with van der Waals surface area (Å²) in [7, 11) is 0. The summed E-state index contributed by atoms with van der Waals surface area (Å²) >= 11 is 0. The Labute approximate surface area is 256 Å². The van der Waals surface area contributed by atoms with Gasteiger partial charge in [-0.3, -0.25) is 0 Å². The van der Waals surface area contributed by atoms with E-state index in [9.17, 15) is 0 Å². The summed E-state index contributed by atoms with van der Waals surface area (Å²) in [6.45, 7) is 6.39. The molecule has 6 heteroatoms. The van der Waals surface area contributed by atoms with Gasteiger partial charge in [0.15, 0.2) is 17.7 Å². The maximum Gasteiger partial charge on any atom is 0.201 e. The highest BCUT2D eigenvalue weighted by Gasteiger charge is 2.42. The number of halogens is 4. The van der Waals surface area contributed by atoms with Crippen LogP contribution in [0.1, 0.15) is 116 Å². The molecule has 3 saturated carbocycles. The van der Waals surface area contributed by atoms with E-state index in [1.54, 1.807) is 0 Å². The molecule has 6 unspecified atom stereocenters. The van der Waals surface area contributed by atoms with Gasteiger partial charge in [-0.05, 0) is 118 Å². The third-order valence-corrected chi connectivity index (χ3v) is 11.3. The second kappa shape index (κ2) is 14.5. The number of fused-ring (bicyclic) bond motifs is 1. The minimum Gasteiger partial charge on any atom is -0.490 e. The lowest BCUT2D eigenvalue weighted by atomic mass is 9.61. The molecule has 0 N–H and O–H groups in total. The predicted molar refractivity (Wildman–Crippen MR) is 165 cm³/mol. The Bertz CT molecular complexity index is 1140. The molecule has 0 bridgehead atoms. The molecule has 5 rings (SSSR count). The van der Waals surface area contributed by atoms with Gasteiger partial charge in [0, 0.05) is 17.7 Å². The first-order valence-electron chi connectivity index (χ1n) is 17.2. The summed E-state index contributed by atoms with van der Waals surface area (Å²) in [4.78, 5) is 0. The molecule has 0 aliphatic heterocycles. The number of allylic oxidation sites excluding steroid dienone is 2. The lowest BCUT2D eigenvalue weighted by molar-refractivity contribution is -0.0452. The van der Waals surface area contributed by atoms with E-state index in [4.69, 9.17) is 9.47 Å². The average Bonchev–Trinajstić information content (AvgIpc) is 3.02. The van der Waals surface area contributed by atoms with Crippen molar-refractivity contribution in [2.24, 2.45) is 35.5 Å². The molecule has 1 aromatic rings. The number of rotatable bonds is 11. The van der Waals surface area contributed by atoms with E-state index < -0.39 is 29.2 Å². The normalized spacial score (nSPS) is 34.7. The van der Waals surface area contributed by atoms with Gasteiger partial charge in [-0.25, -0.2) is 13.2 Å². The maximum absolute atomic E-state index is 15.2. The zero-order valence-electron chi connectivity index (χ0n) is 26.5. The fourth-order valence-corrected chi connectivity index (χ4v) is 8.59. The van der Waals surface area contributed by atoms with Crippen LogP contribution in [-0.2, 0) is 4.74 Å². The summed E-state index contributed by atoms with van der Waals surface area (Å²) in [6.07, 6.45) is 17.9. The zero-order chi connectivity index (χ0) is 30.6. The van der Waals surface area contributed by atoms with E-state index >= 15 is 17.6 Å². The third-order valence-electron chi connectivity index (χ3n) is 11.3. The molecule has 4 aliphatic rings. The molecule has 43 heavy (non-hydrogen) atoms. The first kappa shape index (κ1) is 32.6. The maximum atomic E-state index is 15.2. The summed E-state index contributed by atoms with van der Waals surface area (Å²) in [5.74, 6) is 0.893. The first-order valence-corrected chi connectivity index (χ1v) is 17.2. The Kier molecular flexibility index (Phi) is 11.0. The molecular formula is C37H52F4O2. The standard InChI is InChI=1S/C37H52F4O2/c1-4-6-20-43-37(3)19-18-31(34(39)36(37)41)30-16-17-32(35(40)33(30)38)42-23-25-10-13-29-22-28(15-14-27(29)21-25)26-11-8-24(7-5-2)9-12-26/h16-19,24-29,36H,4-15,20-23H2,1-3H3. The molecule has 0 spiro atoms. The van der Waals surface area contributed by atoms with Gasteiger partial charge >= 0.3 is 0 Å². The summed E-state index contributed by atoms with van der Waals surface area (Å²) < 4.78 is 71.9. The molecule has 0 aromatic heterocycles. The molecular weight excluding hydrogens is 552 g/mol. The number of ether oxygens (including phenoxy) is 2. The van der Waals surface area contributed by atoms with Crippen LogP contribution >= 0.6 is 0 Å². The quantitative estimate of drug-likeness (QED) is 0.185. The predicted octanol–water partition coefficient (Wildman–Crippen LogP) is 10.9. The van der Waals surface area contributed by atoms with Crippen LogP contribution in [0.5, 0.6) is 5.75 Å². The number of unbranched alkanes of at least 4 members (excludes halogenated alkanes) is 1. The van der Waals surface area contributed by atoms with E-state index in [0.717, 1.165) is 49.4 Å². The minimum atomic E-state index is -2.10.